The van der Waals surface area contributed by atoms with Crippen LogP contribution in [0.2, 0.25) is 0 Å². The first-order valence-electron chi connectivity index (χ1n) is 10.4. The lowest BCUT2D eigenvalue weighted by Crippen LogP contribution is -2.48. The number of amides is 1. The molecule has 1 saturated heterocycles. The molecule has 29 heavy (non-hydrogen) atoms. The molecule has 0 saturated carbocycles. The molecule has 2 heterocycles. The number of ether oxygens (including phenoxy) is 1. The van der Waals surface area contributed by atoms with Gasteiger partial charge in [-0.1, -0.05) is 30.3 Å². The number of fused-ring (bicyclic) bond motifs is 1. The van der Waals surface area contributed by atoms with E-state index in [1.165, 1.54) is 22.0 Å². The third kappa shape index (κ3) is 4.80. The van der Waals surface area contributed by atoms with E-state index in [-0.39, 0.29) is 5.91 Å². The molecule has 2 aromatic carbocycles. The predicted octanol–water partition coefficient (Wildman–Crippen LogP) is 3.84. The maximum Gasteiger partial charge on any atom is 0.222 e. The number of carbonyl (C=O) groups is 1. The van der Waals surface area contributed by atoms with Crippen molar-refractivity contribution in [1.29, 1.82) is 0 Å². The number of para-hydroxylation sites is 1. The Bertz CT molecular complexity index is 957. The number of H-pyrrole nitrogens is 1. The normalized spacial score (nSPS) is 15.0. The molecule has 1 amide bonds. The van der Waals surface area contributed by atoms with E-state index < -0.39 is 0 Å². The minimum atomic E-state index is 0.283. The van der Waals surface area contributed by atoms with Gasteiger partial charge in [0.05, 0.1) is 7.11 Å². The van der Waals surface area contributed by atoms with Crippen LogP contribution in [0.1, 0.15) is 24.0 Å². The molecule has 1 aliphatic rings. The summed E-state index contributed by atoms with van der Waals surface area (Å²) < 4.78 is 5.31. The minimum Gasteiger partial charge on any atom is -0.497 e. The van der Waals surface area contributed by atoms with E-state index in [0.717, 1.165) is 51.3 Å². The number of aromatic nitrogens is 1. The molecular formula is C24H29N3O2. The van der Waals surface area contributed by atoms with Crippen LogP contribution in [0.3, 0.4) is 0 Å². The van der Waals surface area contributed by atoms with Crippen LogP contribution in [-0.4, -0.2) is 54.0 Å². The van der Waals surface area contributed by atoms with Crippen LogP contribution in [-0.2, 0) is 17.8 Å². The second kappa shape index (κ2) is 9.14. The number of piperazine rings is 1. The second-order valence-corrected chi connectivity index (χ2v) is 7.72. The van der Waals surface area contributed by atoms with E-state index in [1.54, 1.807) is 7.11 Å². The van der Waals surface area contributed by atoms with Crippen molar-refractivity contribution in [2.24, 2.45) is 0 Å². The van der Waals surface area contributed by atoms with Gasteiger partial charge in [0.2, 0.25) is 5.91 Å². The third-order valence-electron chi connectivity index (χ3n) is 5.78. The van der Waals surface area contributed by atoms with Crippen molar-refractivity contribution in [2.75, 3.05) is 33.3 Å². The average Bonchev–Trinajstić information content (AvgIpc) is 3.17. The number of nitrogens with one attached hydrogen (secondary N) is 1. The largest absolute Gasteiger partial charge is 0.497 e. The first-order chi connectivity index (χ1) is 14.2. The lowest BCUT2D eigenvalue weighted by Gasteiger charge is -2.35. The first-order valence-corrected chi connectivity index (χ1v) is 10.4. The zero-order valence-electron chi connectivity index (χ0n) is 17.1. The molecule has 0 aliphatic carbocycles. The summed E-state index contributed by atoms with van der Waals surface area (Å²) in [5.41, 5.74) is 3.72. The Morgan fingerprint density at radius 1 is 1.07 bits per heavy atom. The van der Waals surface area contributed by atoms with Crippen LogP contribution < -0.4 is 4.74 Å². The molecule has 152 valence electrons. The molecule has 0 spiro atoms. The summed E-state index contributed by atoms with van der Waals surface area (Å²) in [6.45, 7) is 4.38. The van der Waals surface area contributed by atoms with Gasteiger partial charge in [0.25, 0.3) is 0 Å². The van der Waals surface area contributed by atoms with E-state index in [1.807, 2.05) is 23.1 Å². The Labute approximate surface area is 172 Å². The Morgan fingerprint density at radius 3 is 2.72 bits per heavy atom. The second-order valence-electron chi connectivity index (χ2n) is 7.72. The van der Waals surface area contributed by atoms with Gasteiger partial charge in [-0.3, -0.25) is 9.69 Å². The molecule has 3 aromatic rings. The van der Waals surface area contributed by atoms with Gasteiger partial charge in [-0.2, -0.15) is 0 Å². The summed E-state index contributed by atoms with van der Waals surface area (Å²) in [4.78, 5) is 20.4. The van der Waals surface area contributed by atoms with E-state index in [2.05, 4.69) is 46.4 Å². The average molecular weight is 392 g/mol. The van der Waals surface area contributed by atoms with Gasteiger partial charge in [0.1, 0.15) is 5.75 Å². The fourth-order valence-corrected chi connectivity index (χ4v) is 4.11. The molecule has 0 bridgehead atoms. The molecule has 5 nitrogen and oxygen atoms in total. The van der Waals surface area contributed by atoms with Crippen molar-refractivity contribution in [3.8, 4) is 5.75 Å². The van der Waals surface area contributed by atoms with Crippen molar-refractivity contribution in [2.45, 2.75) is 25.8 Å². The van der Waals surface area contributed by atoms with Gasteiger partial charge in [-0.25, -0.2) is 0 Å². The van der Waals surface area contributed by atoms with Crippen LogP contribution >= 0.6 is 0 Å². The fraction of sp³-hybridized carbons (Fsp3) is 0.375. The highest BCUT2D eigenvalue weighted by Gasteiger charge is 2.21. The summed E-state index contributed by atoms with van der Waals surface area (Å²) >= 11 is 0. The highest BCUT2D eigenvalue weighted by atomic mass is 16.5. The van der Waals surface area contributed by atoms with Crippen molar-refractivity contribution in [1.82, 2.24) is 14.8 Å². The molecular weight excluding hydrogens is 362 g/mol. The fourth-order valence-electron chi connectivity index (χ4n) is 4.11. The Hall–Kier alpha value is -2.79. The monoisotopic (exact) mass is 391 g/mol. The van der Waals surface area contributed by atoms with E-state index in [0.29, 0.717) is 6.42 Å². The molecule has 1 N–H and O–H groups in total. The minimum absolute atomic E-state index is 0.283. The highest BCUT2D eigenvalue weighted by molar-refractivity contribution is 5.83. The SMILES string of the molecule is COc1cccc(CN2CCN(C(=O)CCCc3c[nH]c4ccccc34)CC2)c1. The molecule has 1 aromatic heterocycles. The molecule has 0 radical (unpaired) electrons. The molecule has 0 unspecified atom stereocenters. The first kappa shape index (κ1) is 19.5. The van der Waals surface area contributed by atoms with Gasteiger partial charge < -0.3 is 14.6 Å². The maximum absolute atomic E-state index is 12.6. The van der Waals surface area contributed by atoms with Crippen LogP contribution in [0.25, 0.3) is 10.9 Å². The Kier molecular flexibility index (Phi) is 6.15. The highest BCUT2D eigenvalue weighted by Crippen LogP contribution is 2.20. The third-order valence-corrected chi connectivity index (χ3v) is 5.78. The van der Waals surface area contributed by atoms with Crippen molar-refractivity contribution >= 4 is 16.8 Å². The molecule has 0 atom stereocenters. The lowest BCUT2D eigenvalue weighted by atomic mass is 10.1. The number of carbonyl (C=O) groups excluding carboxylic acids is 1. The van der Waals surface area contributed by atoms with Crippen LogP contribution in [0.15, 0.2) is 54.7 Å². The van der Waals surface area contributed by atoms with Gasteiger partial charge in [-0.15, -0.1) is 0 Å². The van der Waals surface area contributed by atoms with E-state index >= 15 is 0 Å². The molecule has 1 fully saturated rings. The zero-order chi connectivity index (χ0) is 20.1. The molecule has 1 aliphatic heterocycles. The number of nitrogens with zero attached hydrogens (tertiary/aromatic N) is 2. The van der Waals surface area contributed by atoms with Gasteiger partial charge in [-0.05, 0) is 42.2 Å². The van der Waals surface area contributed by atoms with E-state index in [9.17, 15) is 4.79 Å². The number of hydrogen-bond donors (Lipinski definition) is 1. The van der Waals surface area contributed by atoms with Crippen molar-refractivity contribution < 1.29 is 9.53 Å². The quantitative estimate of drug-likeness (QED) is 0.666. The number of aryl methyl sites for hydroxylation is 1. The Morgan fingerprint density at radius 2 is 1.90 bits per heavy atom. The topological polar surface area (TPSA) is 48.6 Å². The molecule has 4 rings (SSSR count). The summed E-state index contributed by atoms with van der Waals surface area (Å²) in [5.74, 6) is 1.18. The number of rotatable bonds is 7. The van der Waals surface area contributed by atoms with Gasteiger partial charge in [0.15, 0.2) is 0 Å². The van der Waals surface area contributed by atoms with Crippen LogP contribution in [0.4, 0.5) is 0 Å². The number of hydrogen-bond acceptors (Lipinski definition) is 3. The van der Waals surface area contributed by atoms with Gasteiger partial charge >= 0.3 is 0 Å². The standard InChI is InChI=1S/C24H29N3O2/c1-29-21-8-4-6-19(16-21)18-26-12-14-27(15-13-26)24(28)11-5-7-20-17-25-23-10-3-2-9-22(20)23/h2-4,6,8-10,16-17,25H,5,7,11-15,18H2,1H3. The van der Waals surface area contributed by atoms with E-state index in [4.69, 9.17) is 4.74 Å². The number of aromatic amines is 1. The molecule has 5 heteroatoms. The van der Waals surface area contributed by atoms with Gasteiger partial charge in [0, 0.05) is 56.2 Å². The summed E-state index contributed by atoms with van der Waals surface area (Å²) in [6.07, 6.45) is 4.53. The predicted molar refractivity (Wildman–Crippen MR) is 116 cm³/mol. The summed E-state index contributed by atoms with van der Waals surface area (Å²) in [6, 6.07) is 16.6. The van der Waals surface area contributed by atoms with Crippen molar-refractivity contribution in [3.05, 3.63) is 65.9 Å². The number of benzene rings is 2. The van der Waals surface area contributed by atoms with Crippen LogP contribution in [0.5, 0.6) is 5.75 Å². The summed E-state index contributed by atoms with van der Waals surface area (Å²) in [5, 5.41) is 1.27. The lowest BCUT2D eigenvalue weighted by molar-refractivity contribution is -0.133. The summed E-state index contributed by atoms with van der Waals surface area (Å²) in [7, 11) is 1.70. The zero-order valence-corrected chi connectivity index (χ0v) is 17.1. The van der Waals surface area contributed by atoms with Crippen LogP contribution in [0, 0.1) is 0 Å². The Balaban J connectivity index is 1.21. The maximum atomic E-state index is 12.6. The number of methoxy groups -OCH3 is 1. The smallest absolute Gasteiger partial charge is 0.222 e. The van der Waals surface area contributed by atoms with Crippen molar-refractivity contribution in [3.63, 3.8) is 0 Å².